The van der Waals surface area contributed by atoms with Gasteiger partial charge < -0.3 is 15.0 Å². The molecule has 0 bridgehead atoms. The molecular formula is C25H29BrN2O2. The van der Waals surface area contributed by atoms with Gasteiger partial charge >= 0.3 is 0 Å². The molecule has 0 aliphatic carbocycles. The van der Waals surface area contributed by atoms with Crippen LogP contribution in [0.25, 0.3) is 11.1 Å². The zero-order valence-electron chi connectivity index (χ0n) is 17.9. The zero-order chi connectivity index (χ0) is 21.7. The number of amides is 1. The molecule has 3 rings (SSSR count). The number of nitrogens with two attached hydrogens (primary N) is 1. The first-order valence-electron chi connectivity index (χ1n) is 10.4. The van der Waals surface area contributed by atoms with Gasteiger partial charge in [-0.1, -0.05) is 66.0 Å². The second kappa shape index (κ2) is 9.98. The number of nitrogens with zero attached hydrogens (tertiary/aromatic N) is 1. The Morgan fingerprint density at radius 1 is 1.10 bits per heavy atom. The van der Waals surface area contributed by atoms with E-state index in [-0.39, 0.29) is 5.91 Å². The normalized spacial score (nSPS) is 10.9. The lowest BCUT2D eigenvalue weighted by atomic mass is 9.97. The minimum Gasteiger partial charge on any atom is -0.496 e. The molecule has 0 saturated carbocycles. The van der Waals surface area contributed by atoms with Gasteiger partial charge in [0, 0.05) is 27.0 Å². The number of para-hydroxylation sites is 1. The summed E-state index contributed by atoms with van der Waals surface area (Å²) in [7, 11) is 1.69. The maximum Gasteiger partial charge on any atom is 0.251 e. The van der Waals surface area contributed by atoms with E-state index >= 15 is 0 Å². The van der Waals surface area contributed by atoms with Gasteiger partial charge in [-0.05, 0) is 43.5 Å². The fourth-order valence-electron chi connectivity index (χ4n) is 4.05. The molecule has 0 radical (unpaired) electrons. The number of halogens is 1. The monoisotopic (exact) mass is 468 g/mol. The van der Waals surface area contributed by atoms with Crippen molar-refractivity contribution in [2.24, 2.45) is 5.73 Å². The molecule has 0 spiro atoms. The maximum atomic E-state index is 12.5. The fourth-order valence-corrected chi connectivity index (χ4v) is 4.31. The van der Waals surface area contributed by atoms with Gasteiger partial charge in [0.1, 0.15) is 5.75 Å². The van der Waals surface area contributed by atoms with Gasteiger partial charge in [-0.15, -0.1) is 0 Å². The summed E-state index contributed by atoms with van der Waals surface area (Å²) in [6, 6.07) is 16.1. The van der Waals surface area contributed by atoms with Gasteiger partial charge in [0.2, 0.25) is 0 Å². The Bertz CT molecular complexity index is 1020. The van der Waals surface area contributed by atoms with E-state index in [0.717, 1.165) is 64.0 Å². The van der Waals surface area contributed by atoms with Crippen molar-refractivity contribution in [2.75, 3.05) is 7.11 Å². The summed E-state index contributed by atoms with van der Waals surface area (Å²) in [6.07, 6.45) is 4.24. The first-order chi connectivity index (χ1) is 14.5. The summed E-state index contributed by atoms with van der Waals surface area (Å²) in [4.78, 5) is 12.5. The number of primary amides is 1. The number of hydrogen-bond donors (Lipinski definition) is 1. The van der Waals surface area contributed by atoms with E-state index in [0.29, 0.717) is 12.1 Å². The zero-order valence-corrected chi connectivity index (χ0v) is 19.5. The third-order valence-corrected chi connectivity index (χ3v) is 6.08. The van der Waals surface area contributed by atoms with Crippen molar-refractivity contribution in [2.45, 2.75) is 46.1 Å². The topological polar surface area (TPSA) is 57.2 Å². The van der Waals surface area contributed by atoms with Crippen LogP contribution >= 0.6 is 15.9 Å². The fraction of sp³-hybridized carbons (Fsp3) is 0.320. The SMILES string of the molecule is CCCCCc1c(-c2ccc(Br)cc2)c(C(N)=O)c(C)n1Cc1ccccc1OC. The molecule has 0 unspecified atom stereocenters. The Kier molecular flexibility index (Phi) is 7.38. The molecule has 0 atom stereocenters. The van der Waals surface area contributed by atoms with Gasteiger partial charge in [0.05, 0.1) is 19.2 Å². The summed E-state index contributed by atoms with van der Waals surface area (Å²) in [5.74, 6) is 0.455. The van der Waals surface area contributed by atoms with Gasteiger partial charge in [-0.25, -0.2) is 0 Å². The standard InChI is InChI=1S/C25H29BrN2O2/c1-4-5-6-10-21-24(18-12-14-20(26)15-13-18)23(25(27)29)17(2)28(21)16-19-9-7-8-11-22(19)30-3/h7-9,11-15H,4-6,10,16H2,1-3H3,(H2,27,29). The van der Waals surface area contributed by atoms with E-state index in [1.165, 1.54) is 0 Å². The number of aromatic nitrogens is 1. The molecule has 0 aliphatic heterocycles. The molecule has 0 fully saturated rings. The first kappa shape index (κ1) is 22.2. The smallest absolute Gasteiger partial charge is 0.251 e. The molecule has 5 heteroatoms. The second-order valence-electron chi connectivity index (χ2n) is 7.51. The Hall–Kier alpha value is -2.53. The third kappa shape index (κ3) is 4.62. The summed E-state index contributed by atoms with van der Waals surface area (Å²) in [6.45, 7) is 4.82. The summed E-state index contributed by atoms with van der Waals surface area (Å²) < 4.78 is 8.81. The lowest BCUT2D eigenvalue weighted by Crippen LogP contribution is -2.13. The van der Waals surface area contributed by atoms with Crippen molar-refractivity contribution >= 4 is 21.8 Å². The molecule has 1 aromatic heterocycles. The number of carbonyl (C=O) groups excluding carboxylic acids is 1. The predicted molar refractivity (Wildman–Crippen MR) is 126 cm³/mol. The highest BCUT2D eigenvalue weighted by atomic mass is 79.9. The summed E-state index contributed by atoms with van der Waals surface area (Å²) in [5, 5.41) is 0. The highest BCUT2D eigenvalue weighted by Gasteiger charge is 2.25. The molecule has 1 heterocycles. The number of benzene rings is 2. The number of unbranched alkanes of at least 4 members (excludes halogenated alkanes) is 2. The van der Waals surface area contributed by atoms with Crippen LogP contribution in [-0.4, -0.2) is 17.6 Å². The lowest BCUT2D eigenvalue weighted by Gasteiger charge is -2.15. The van der Waals surface area contributed by atoms with Crippen LogP contribution in [0.5, 0.6) is 5.75 Å². The quantitative estimate of drug-likeness (QED) is 0.384. The molecule has 30 heavy (non-hydrogen) atoms. The molecule has 4 nitrogen and oxygen atoms in total. The van der Waals surface area contributed by atoms with Crippen LogP contribution in [-0.2, 0) is 13.0 Å². The van der Waals surface area contributed by atoms with Crippen LogP contribution in [0.2, 0.25) is 0 Å². The van der Waals surface area contributed by atoms with Crippen molar-refractivity contribution in [3.63, 3.8) is 0 Å². The lowest BCUT2D eigenvalue weighted by molar-refractivity contribution is 0.1000. The minimum atomic E-state index is -0.388. The van der Waals surface area contributed by atoms with E-state index in [1.807, 2.05) is 49.4 Å². The predicted octanol–water partition coefficient (Wildman–Crippen LogP) is 6.11. The highest BCUT2D eigenvalue weighted by Crippen LogP contribution is 2.35. The van der Waals surface area contributed by atoms with E-state index in [1.54, 1.807) is 7.11 Å². The van der Waals surface area contributed by atoms with Gasteiger partial charge in [-0.3, -0.25) is 4.79 Å². The molecule has 2 N–H and O–H groups in total. The van der Waals surface area contributed by atoms with Crippen LogP contribution < -0.4 is 10.5 Å². The minimum absolute atomic E-state index is 0.388. The van der Waals surface area contributed by atoms with E-state index in [4.69, 9.17) is 10.5 Å². The second-order valence-corrected chi connectivity index (χ2v) is 8.42. The Morgan fingerprint density at radius 3 is 2.43 bits per heavy atom. The Labute approximate surface area is 187 Å². The molecule has 0 saturated heterocycles. The third-order valence-electron chi connectivity index (χ3n) is 5.55. The Morgan fingerprint density at radius 2 is 1.80 bits per heavy atom. The van der Waals surface area contributed by atoms with Crippen LogP contribution in [0.4, 0.5) is 0 Å². The summed E-state index contributed by atoms with van der Waals surface area (Å²) >= 11 is 3.50. The van der Waals surface area contributed by atoms with E-state index < -0.39 is 0 Å². The van der Waals surface area contributed by atoms with Crippen LogP contribution in [0, 0.1) is 6.92 Å². The van der Waals surface area contributed by atoms with Crippen molar-refractivity contribution in [3.8, 4) is 16.9 Å². The first-order valence-corrected chi connectivity index (χ1v) is 11.2. The number of ether oxygens (including phenoxy) is 1. The van der Waals surface area contributed by atoms with Crippen LogP contribution in [0.1, 0.15) is 53.5 Å². The molecule has 2 aromatic carbocycles. The highest BCUT2D eigenvalue weighted by molar-refractivity contribution is 9.10. The van der Waals surface area contributed by atoms with Crippen LogP contribution in [0.3, 0.4) is 0 Å². The molecule has 1 amide bonds. The molecular weight excluding hydrogens is 440 g/mol. The largest absolute Gasteiger partial charge is 0.496 e. The van der Waals surface area contributed by atoms with Crippen molar-refractivity contribution in [1.82, 2.24) is 4.57 Å². The van der Waals surface area contributed by atoms with E-state index in [2.05, 4.69) is 33.5 Å². The number of methoxy groups -OCH3 is 1. The Balaban J connectivity index is 2.20. The van der Waals surface area contributed by atoms with Crippen LogP contribution in [0.15, 0.2) is 53.0 Å². The van der Waals surface area contributed by atoms with Gasteiger partial charge in [-0.2, -0.15) is 0 Å². The average Bonchev–Trinajstić information content (AvgIpc) is 3.01. The number of rotatable bonds is 9. The van der Waals surface area contributed by atoms with Gasteiger partial charge in [0.15, 0.2) is 0 Å². The van der Waals surface area contributed by atoms with Crippen molar-refractivity contribution < 1.29 is 9.53 Å². The van der Waals surface area contributed by atoms with E-state index in [9.17, 15) is 4.79 Å². The number of carbonyl (C=O) groups is 1. The number of hydrogen-bond acceptors (Lipinski definition) is 2. The molecule has 158 valence electrons. The molecule has 3 aromatic rings. The van der Waals surface area contributed by atoms with Crippen molar-refractivity contribution in [3.05, 3.63) is 75.5 Å². The molecule has 0 aliphatic rings. The average molecular weight is 469 g/mol. The summed E-state index contributed by atoms with van der Waals surface area (Å²) in [5.41, 5.74) is 11.6. The van der Waals surface area contributed by atoms with Crippen molar-refractivity contribution in [1.29, 1.82) is 0 Å². The van der Waals surface area contributed by atoms with Gasteiger partial charge in [0.25, 0.3) is 5.91 Å². The maximum absolute atomic E-state index is 12.5.